The van der Waals surface area contributed by atoms with Crippen LogP contribution in [0, 0.1) is 0 Å². The fraction of sp³-hybridized carbons (Fsp3) is 1.00. The maximum atomic E-state index is 5.71. The van der Waals surface area contributed by atoms with E-state index in [2.05, 4.69) is 0 Å². The van der Waals surface area contributed by atoms with Crippen LogP contribution in [0.25, 0.3) is 0 Å². The Labute approximate surface area is 145 Å². The lowest BCUT2D eigenvalue weighted by atomic mass is 10.7. The molecule has 0 radical (unpaired) electrons. The van der Waals surface area contributed by atoms with Crippen LogP contribution >= 0.6 is 22.9 Å². The van der Waals surface area contributed by atoms with E-state index in [0.29, 0.717) is 72.7 Å². The van der Waals surface area contributed by atoms with Gasteiger partial charge in [0.05, 0.1) is 52.9 Å². The van der Waals surface area contributed by atoms with Crippen molar-refractivity contribution in [1.29, 1.82) is 0 Å². The van der Waals surface area contributed by atoms with Gasteiger partial charge in [-0.05, 0) is 4.81 Å². The van der Waals surface area contributed by atoms with E-state index in [1.807, 2.05) is 22.9 Å². The van der Waals surface area contributed by atoms with Gasteiger partial charge in [-0.2, -0.15) is 9.68 Å². The molecule has 0 aromatic carbocycles. The van der Waals surface area contributed by atoms with Gasteiger partial charge in [-0.15, -0.1) is 3.22 Å². The highest BCUT2D eigenvalue weighted by Crippen LogP contribution is 2.09. The maximum Gasteiger partial charge on any atom is 0.218 e. The molecule has 0 saturated carbocycles. The molecular formula is C12H27IN3O6+. The molecule has 1 saturated heterocycles. The second-order valence-electron chi connectivity index (χ2n) is 4.67. The fourth-order valence-corrected chi connectivity index (χ4v) is 2.26. The van der Waals surface area contributed by atoms with Crippen molar-refractivity contribution >= 4 is 22.9 Å². The molecule has 9 nitrogen and oxygen atoms in total. The lowest BCUT2D eigenvalue weighted by molar-refractivity contribution is -1.24. The molecule has 1 heterocycles. The van der Waals surface area contributed by atoms with Crippen LogP contribution in [0.3, 0.4) is 0 Å². The number of nitrogens with zero attached hydrogens (tertiary/aromatic N) is 2. The van der Waals surface area contributed by atoms with Crippen molar-refractivity contribution in [1.82, 2.24) is 3.22 Å². The zero-order valence-corrected chi connectivity index (χ0v) is 15.2. The van der Waals surface area contributed by atoms with Gasteiger partial charge in [0.25, 0.3) is 0 Å². The fourth-order valence-electron chi connectivity index (χ4n) is 1.70. The normalized spacial score (nSPS) is 24.0. The predicted molar refractivity (Wildman–Crippen MR) is 86.3 cm³/mol. The Kier molecular flexibility index (Phi) is 11.8. The van der Waals surface area contributed by atoms with E-state index >= 15 is 0 Å². The number of hydrogen-bond acceptors (Lipinski definition) is 8. The second-order valence-corrected chi connectivity index (χ2v) is 5.91. The molecule has 0 amide bonds. The monoisotopic (exact) mass is 436 g/mol. The summed E-state index contributed by atoms with van der Waals surface area (Å²) in [5.41, 5.74) is 0. The molecule has 1 fully saturated rings. The van der Waals surface area contributed by atoms with Gasteiger partial charge >= 0.3 is 0 Å². The quantitative estimate of drug-likeness (QED) is 0.211. The van der Waals surface area contributed by atoms with Crippen LogP contribution in [-0.2, 0) is 28.6 Å². The topological polar surface area (TPSA) is 84.6 Å². The molecular weight excluding hydrogens is 409 g/mol. The van der Waals surface area contributed by atoms with Crippen molar-refractivity contribution in [3.8, 4) is 0 Å². The van der Waals surface area contributed by atoms with Crippen LogP contribution in [0.5, 0.6) is 0 Å². The van der Waals surface area contributed by atoms with E-state index < -0.39 is 0 Å². The summed E-state index contributed by atoms with van der Waals surface area (Å²) in [6, 6.07) is 0. The van der Waals surface area contributed by atoms with Gasteiger partial charge in [-0.1, -0.05) is 0 Å². The largest absolute Gasteiger partial charge is 0.377 e. The predicted octanol–water partition coefficient (Wildman–Crippen LogP) is -0.141. The van der Waals surface area contributed by atoms with Gasteiger partial charge < -0.3 is 18.9 Å². The lowest BCUT2D eigenvalue weighted by Gasteiger charge is -2.29. The van der Waals surface area contributed by atoms with E-state index in [9.17, 15) is 0 Å². The summed E-state index contributed by atoms with van der Waals surface area (Å²) in [6.07, 6.45) is 0. The van der Waals surface area contributed by atoms with Gasteiger partial charge in [0.1, 0.15) is 20.3 Å². The Morgan fingerprint density at radius 3 is 1.41 bits per heavy atom. The summed E-state index contributed by atoms with van der Waals surface area (Å²) in [6.45, 7) is 5.29. The summed E-state index contributed by atoms with van der Waals surface area (Å²) >= 11 is 1.97. The van der Waals surface area contributed by atoms with Crippen molar-refractivity contribution in [3.63, 3.8) is 0 Å². The molecule has 132 valence electrons. The van der Waals surface area contributed by atoms with Crippen LogP contribution in [0.1, 0.15) is 0 Å². The highest BCUT2D eigenvalue weighted by atomic mass is 127. The molecule has 0 aromatic heterocycles. The zero-order chi connectivity index (χ0) is 16.1. The number of hydroxylamine groups is 4. The van der Waals surface area contributed by atoms with Gasteiger partial charge in [-0.25, -0.2) is 0 Å². The first-order valence-electron chi connectivity index (χ1n) is 7.26. The summed E-state index contributed by atoms with van der Waals surface area (Å²) < 4.78 is 23.1. The smallest absolute Gasteiger partial charge is 0.218 e. The number of rotatable bonds is 2. The van der Waals surface area contributed by atoms with Crippen molar-refractivity contribution < 1.29 is 33.4 Å². The van der Waals surface area contributed by atoms with Crippen molar-refractivity contribution in [2.24, 2.45) is 5.84 Å². The van der Waals surface area contributed by atoms with Gasteiger partial charge in [-0.3, -0.25) is 5.84 Å². The molecule has 2 N–H and O–H groups in total. The summed E-state index contributed by atoms with van der Waals surface area (Å²) in [5, 5.41) is 0. The van der Waals surface area contributed by atoms with E-state index in [1.165, 1.54) is 3.22 Å². The summed E-state index contributed by atoms with van der Waals surface area (Å²) in [7, 11) is 1.79. The molecule has 10 heteroatoms. The number of ether oxygens (including phenoxy) is 4. The molecule has 0 spiro atoms. The first kappa shape index (κ1) is 20.4. The Hall–Kier alpha value is 0.370. The van der Waals surface area contributed by atoms with Crippen LogP contribution in [0.15, 0.2) is 0 Å². The average Bonchev–Trinajstić information content (AvgIpc) is 2.45. The van der Waals surface area contributed by atoms with Crippen molar-refractivity contribution in [3.05, 3.63) is 0 Å². The van der Waals surface area contributed by atoms with Gasteiger partial charge in [0, 0.05) is 22.9 Å². The second kappa shape index (κ2) is 12.8. The Morgan fingerprint density at radius 2 is 1.09 bits per heavy atom. The molecule has 1 aliphatic heterocycles. The number of nitrogens with two attached hydrogens (primary N) is 1. The number of hydrogen-bond donors (Lipinski definition) is 1. The highest BCUT2D eigenvalue weighted by Gasteiger charge is 2.28. The molecule has 0 unspecified atom stereocenters. The van der Waals surface area contributed by atoms with E-state index in [0.717, 1.165) is 0 Å². The third-order valence-electron chi connectivity index (χ3n) is 2.69. The van der Waals surface area contributed by atoms with Gasteiger partial charge in [0.2, 0.25) is 6.67 Å². The molecule has 0 aliphatic carbocycles. The molecule has 0 aromatic rings. The molecule has 0 atom stereocenters. The number of halogens is 1. The van der Waals surface area contributed by atoms with Crippen molar-refractivity contribution in [2.45, 2.75) is 0 Å². The number of hydrazine groups is 1. The zero-order valence-electron chi connectivity index (χ0n) is 13.1. The van der Waals surface area contributed by atoms with Crippen LogP contribution in [-0.4, -0.2) is 87.8 Å². The Bertz CT molecular complexity index is 257. The van der Waals surface area contributed by atoms with Crippen LogP contribution < -0.4 is 5.84 Å². The van der Waals surface area contributed by atoms with E-state index in [-0.39, 0.29) is 4.81 Å². The molecule has 1 rings (SSSR count). The minimum Gasteiger partial charge on any atom is -0.377 e. The SMILES string of the molecule is C[N+]1(CN(N)I)OCCOCCOCCOCCOCCO1. The van der Waals surface area contributed by atoms with Gasteiger partial charge in [0.15, 0.2) is 0 Å². The first-order chi connectivity index (χ1) is 10.6. The molecule has 1 aliphatic rings. The van der Waals surface area contributed by atoms with E-state index in [1.54, 1.807) is 7.05 Å². The first-order valence-corrected chi connectivity index (χ1v) is 8.22. The van der Waals surface area contributed by atoms with Crippen LogP contribution in [0.2, 0.25) is 0 Å². The van der Waals surface area contributed by atoms with Crippen LogP contribution in [0.4, 0.5) is 0 Å². The lowest BCUT2D eigenvalue weighted by Crippen LogP contribution is -2.51. The Morgan fingerprint density at radius 1 is 0.773 bits per heavy atom. The standard InChI is InChI=1S/C12H27IN3O6/c1-16(12-15(13)14)21-10-8-19-6-4-17-2-3-18-5-7-20-9-11-22-16/h2-12,14H2,1H3/q+1. The minimum absolute atomic E-state index is 0.0981. The molecule has 0 bridgehead atoms. The minimum atomic E-state index is -0.0981. The molecule has 22 heavy (non-hydrogen) atoms. The summed E-state index contributed by atoms with van der Waals surface area (Å²) in [5.74, 6) is 5.67. The third-order valence-corrected chi connectivity index (χ3v) is 3.00. The summed E-state index contributed by atoms with van der Waals surface area (Å²) in [4.78, 5) is 11.3. The van der Waals surface area contributed by atoms with E-state index in [4.69, 9.17) is 34.5 Å². The Balaban J connectivity index is 2.37. The number of quaternary nitrogens is 1. The highest BCUT2D eigenvalue weighted by molar-refractivity contribution is 14.1. The maximum absolute atomic E-state index is 5.71. The average molecular weight is 436 g/mol. The van der Waals surface area contributed by atoms with Crippen molar-refractivity contribution in [2.75, 3.05) is 79.8 Å². The third kappa shape index (κ3) is 11.0.